The number of nitro benzene ring substituents is 1. The van der Waals surface area contributed by atoms with E-state index in [2.05, 4.69) is 26.1 Å². The minimum absolute atomic E-state index is 0.00371. The molecule has 0 aliphatic carbocycles. The Morgan fingerprint density at radius 3 is 2.49 bits per heavy atom. The van der Waals surface area contributed by atoms with Gasteiger partial charge in [0.25, 0.3) is 11.6 Å². The summed E-state index contributed by atoms with van der Waals surface area (Å²) in [6, 6.07) is 18.8. The van der Waals surface area contributed by atoms with Crippen LogP contribution in [0, 0.1) is 21.4 Å². The number of anilines is 2. The van der Waals surface area contributed by atoms with Crippen molar-refractivity contribution < 1.29 is 23.9 Å². The molecule has 1 heterocycles. The fraction of sp³-hybridized carbons (Fsp3) is 0.214. The topological polar surface area (TPSA) is 127 Å². The number of morpholine rings is 1. The van der Waals surface area contributed by atoms with E-state index >= 15 is 0 Å². The van der Waals surface area contributed by atoms with Gasteiger partial charge in [0.1, 0.15) is 18.2 Å². The second-order valence-corrected chi connectivity index (χ2v) is 9.37. The molecule has 3 aromatic rings. The second kappa shape index (κ2) is 12.9. The van der Waals surface area contributed by atoms with Crippen molar-refractivity contribution in [3.63, 3.8) is 0 Å². The largest absolute Gasteiger partial charge is 0.493 e. The Morgan fingerprint density at radius 1 is 1.18 bits per heavy atom. The van der Waals surface area contributed by atoms with Gasteiger partial charge in [0, 0.05) is 36.6 Å². The van der Waals surface area contributed by atoms with Crippen molar-refractivity contribution in [3.05, 3.63) is 92.0 Å². The highest BCUT2D eigenvalue weighted by atomic mass is 79.9. The number of nitro groups is 1. The third kappa shape index (κ3) is 7.13. The number of benzene rings is 3. The van der Waals surface area contributed by atoms with Gasteiger partial charge in [0.2, 0.25) is 0 Å². The smallest absolute Gasteiger partial charge is 0.269 e. The molecule has 1 amide bonds. The summed E-state index contributed by atoms with van der Waals surface area (Å²) >= 11 is 3.47. The fourth-order valence-electron chi connectivity index (χ4n) is 3.92. The molecule has 11 heteroatoms. The Labute approximate surface area is 233 Å². The average Bonchev–Trinajstić information content (AvgIpc) is 2.96. The van der Waals surface area contributed by atoms with Gasteiger partial charge >= 0.3 is 0 Å². The summed E-state index contributed by atoms with van der Waals surface area (Å²) in [4.78, 5) is 25.4. The Balaban J connectivity index is 1.45. The van der Waals surface area contributed by atoms with Crippen molar-refractivity contribution in [1.82, 2.24) is 0 Å². The Hall–Kier alpha value is -4.40. The summed E-state index contributed by atoms with van der Waals surface area (Å²) in [6.45, 7) is 3.14. The van der Waals surface area contributed by atoms with Crippen molar-refractivity contribution in [2.75, 3.05) is 43.6 Å². The zero-order valence-electron chi connectivity index (χ0n) is 21.1. The van der Waals surface area contributed by atoms with E-state index in [1.807, 2.05) is 18.2 Å². The van der Waals surface area contributed by atoms with Crippen LogP contribution in [0.5, 0.6) is 11.5 Å². The SMILES string of the molecule is COc1cc(/C=C(\C#N)C(=O)Nc2ccc(N3CCOCC3)cc2)cc(Br)c1OCc1ccc([N+](=O)[O-])cc1. The first-order chi connectivity index (χ1) is 18.9. The molecule has 0 spiro atoms. The number of carbonyl (C=O) groups excluding carboxylic acids is 1. The predicted molar refractivity (Wildman–Crippen MR) is 150 cm³/mol. The van der Waals surface area contributed by atoms with Crippen LogP contribution >= 0.6 is 15.9 Å². The first-order valence-electron chi connectivity index (χ1n) is 12.0. The summed E-state index contributed by atoms with van der Waals surface area (Å²) < 4.78 is 17.3. The Bertz CT molecular complexity index is 1410. The minimum Gasteiger partial charge on any atom is -0.493 e. The van der Waals surface area contributed by atoms with Crippen LogP contribution in [-0.4, -0.2) is 44.2 Å². The van der Waals surface area contributed by atoms with Crippen LogP contribution in [0.1, 0.15) is 11.1 Å². The van der Waals surface area contributed by atoms with E-state index in [1.165, 1.54) is 25.3 Å². The lowest BCUT2D eigenvalue weighted by molar-refractivity contribution is -0.384. The van der Waals surface area contributed by atoms with Gasteiger partial charge in [-0.3, -0.25) is 14.9 Å². The van der Waals surface area contributed by atoms with Crippen LogP contribution in [0.4, 0.5) is 17.1 Å². The number of nitrogens with one attached hydrogen (secondary N) is 1. The highest BCUT2D eigenvalue weighted by Crippen LogP contribution is 2.38. The standard InChI is InChI=1S/C28H25BrN4O6/c1-37-26-16-20(15-25(29)27(26)39-18-19-2-6-24(7-3-19)33(35)36)14-21(17-30)28(34)31-22-4-8-23(9-5-22)32-10-12-38-13-11-32/h2-9,14-16H,10-13,18H2,1H3,(H,31,34)/b21-14+. The zero-order chi connectivity index (χ0) is 27.8. The number of carbonyl (C=O) groups is 1. The number of rotatable bonds is 9. The molecular formula is C28H25BrN4O6. The molecule has 3 aromatic carbocycles. The molecule has 10 nitrogen and oxygen atoms in total. The molecule has 1 saturated heterocycles. The molecule has 1 fully saturated rings. The van der Waals surface area contributed by atoms with Crippen molar-refractivity contribution in [1.29, 1.82) is 5.26 Å². The summed E-state index contributed by atoms with van der Waals surface area (Å²) in [5.41, 5.74) is 2.82. The zero-order valence-corrected chi connectivity index (χ0v) is 22.6. The highest BCUT2D eigenvalue weighted by molar-refractivity contribution is 9.10. The highest BCUT2D eigenvalue weighted by Gasteiger charge is 2.16. The number of halogens is 1. The molecular weight excluding hydrogens is 568 g/mol. The monoisotopic (exact) mass is 592 g/mol. The molecule has 0 saturated carbocycles. The van der Waals surface area contributed by atoms with E-state index in [0.717, 1.165) is 24.3 Å². The molecule has 0 radical (unpaired) electrons. The van der Waals surface area contributed by atoms with E-state index in [1.54, 1.807) is 36.4 Å². The molecule has 200 valence electrons. The molecule has 1 N–H and O–H groups in total. The van der Waals surface area contributed by atoms with E-state index in [9.17, 15) is 20.2 Å². The number of hydrogen-bond donors (Lipinski definition) is 1. The van der Waals surface area contributed by atoms with E-state index in [0.29, 0.717) is 40.4 Å². The van der Waals surface area contributed by atoms with E-state index in [4.69, 9.17) is 14.2 Å². The minimum atomic E-state index is -0.537. The number of hydrogen-bond acceptors (Lipinski definition) is 8. The lowest BCUT2D eigenvalue weighted by Gasteiger charge is -2.28. The van der Waals surface area contributed by atoms with Crippen LogP contribution in [-0.2, 0) is 16.1 Å². The summed E-state index contributed by atoms with van der Waals surface area (Å²) in [5, 5.41) is 23.3. The number of ether oxygens (including phenoxy) is 3. The van der Waals surface area contributed by atoms with Crippen LogP contribution in [0.3, 0.4) is 0 Å². The number of non-ortho nitro benzene ring substituents is 1. The molecule has 39 heavy (non-hydrogen) atoms. The average molecular weight is 593 g/mol. The van der Waals surface area contributed by atoms with E-state index in [-0.39, 0.29) is 17.9 Å². The van der Waals surface area contributed by atoms with Gasteiger partial charge in [-0.25, -0.2) is 0 Å². The molecule has 0 atom stereocenters. The summed E-state index contributed by atoms with van der Waals surface area (Å²) in [5.74, 6) is 0.260. The van der Waals surface area contributed by atoms with Crippen LogP contribution in [0.25, 0.3) is 6.08 Å². The van der Waals surface area contributed by atoms with Gasteiger partial charge in [-0.15, -0.1) is 0 Å². The molecule has 1 aliphatic rings. The first-order valence-corrected chi connectivity index (χ1v) is 12.8. The Kier molecular flexibility index (Phi) is 9.14. The number of nitrogens with zero attached hydrogens (tertiary/aromatic N) is 3. The Morgan fingerprint density at radius 2 is 1.87 bits per heavy atom. The number of methoxy groups -OCH3 is 1. The molecule has 1 aliphatic heterocycles. The molecule has 0 aromatic heterocycles. The molecule has 4 rings (SSSR count). The van der Waals surface area contributed by atoms with Crippen molar-refractivity contribution in [3.8, 4) is 17.6 Å². The van der Waals surface area contributed by atoms with Crippen LogP contribution < -0.4 is 19.7 Å². The summed E-state index contributed by atoms with van der Waals surface area (Å²) in [7, 11) is 1.48. The lowest BCUT2D eigenvalue weighted by Crippen LogP contribution is -2.36. The maximum Gasteiger partial charge on any atom is 0.269 e. The number of nitriles is 1. The third-order valence-electron chi connectivity index (χ3n) is 5.96. The van der Waals surface area contributed by atoms with Gasteiger partial charge in [-0.05, 0) is 81.7 Å². The lowest BCUT2D eigenvalue weighted by atomic mass is 10.1. The van der Waals surface area contributed by atoms with Gasteiger partial charge in [-0.1, -0.05) is 0 Å². The van der Waals surface area contributed by atoms with E-state index < -0.39 is 10.8 Å². The second-order valence-electron chi connectivity index (χ2n) is 8.52. The fourth-order valence-corrected chi connectivity index (χ4v) is 4.50. The van der Waals surface area contributed by atoms with Gasteiger partial charge in [0.05, 0.1) is 29.7 Å². The normalized spacial score (nSPS) is 13.4. The first kappa shape index (κ1) is 27.6. The van der Waals surface area contributed by atoms with Crippen molar-refractivity contribution >= 4 is 45.0 Å². The van der Waals surface area contributed by atoms with Crippen LogP contribution in [0.2, 0.25) is 0 Å². The molecule has 0 bridgehead atoms. The third-order valence-corrected chi connectivity index (χ3v) is 6.55. The predicted octanol–water partition coefficient (Wildman–Crippen LogP) is 5.33. The molecule has 0 unspecified atom stereocenters. The quantitative estimate of drug-likeness (QED) is 0.153. The van der Waals surface area contributed by atoms with Crippen molar-refractivity contribution in [2.24, 2.45) is 0 Å². The summed E-state index contributed by atoms with van der Waals surface area (Å²) in [6.07, 6.45) is 1.46. The maximum atomic E-state index is 12.8. The van der Waals surface area contributed by atoms with Crippen molar-refractivity contribution in [2.45, 2.75) is 6.61 Å². The van der Waals surface area contributed by atoms with Gasteiger partial charge in [-0.2, -0.15) is 5.26 Å². The maximum absolute atomic E-state index is 12.8. The van der Waals surface area contributed by atoms with Crippen LogP contribution in [0.15, 0.2) is 70.7 Å². The number of amides is 1. The van der Waals surface area contributed by atoms with Gasteiger partial charge < -0.3 is 24.4 Å². The van der Waals surface area contributed by atoms with Gasteiger partial charge in [0.15, 0.2) is 11.5 Å².